The molecule has 5 heteroatoms. The van der Waals surface area contributed by atoms with E-state index in [2.05, 4.69) is 11.1 Å². The molecule has 1 saturated carbocycles. The summed E-state index contributed by atoms with van der Waals surface area (Å²) in [7, 11) is 0. The zero-order chi connectivity index (χ0) is 18.6. The number of hydrogen-bond donors (Lipinski definition) is 0. The first-order chi connectivity index (χ1) is 13.2. The van der Waals surface area contributed by atoms with Gasteiger partial charge in [0.05, 0.1) is 11.6 Å². The molecule has 146 valence electrons. The molecule has 0 unspecified atom stereocenters. The van der Waals surface area contributed by atoms with Crippen molar-refractivity contribution in [3.05, 3.63) is 29.6 Å². The minimum Gasteiger partial charge on any atom is -0.339 e. The summed E-state index contributed by atoms with van der Waals surface area (Å²) in [6.07, 6.45) is 11.8. The summed E-state index contributed by atoms with van der Waals surface area (Å²) >= 11 is 0. The summed E-state index contributed by atoms with van der Waals surface area (Å²) in [4.78, 5) is 34.2. The Balaban J connectivity index is 1.31. The molecule has 0 aromatic carbocycles. The number of fused-ring (bicyclic) bond motifs is 1. The van der Waals surface area contributed by atoms with Crippen molar-refractivity contribution in [1.82, 2.24) is 14.8 Å². The van der Waals surface area contributed by atoms with Crippen molar-refractivity contribution in [3.8, 4) is 0 Å². The van der Waals surface area contributed by atoms with Gasteiger partial charge in [-0.15, -0.1) is 0 Å². The third-order valence-corrected chi connectivity index (χ3v) is 6.63. The van der Waals surface area contributed by atoms with Crippen molar-refractivity contribution >= 4 is 11.8 Å². The van der Waals surface area contributed by atoms with Gasteiger partial charge in [-0.25, -0.2) is 0 Å². The van der Waals surface area contributed by atoms with E-state index in [-0.39, 0.29) is 11.8 Å². The van der Waals surface area contributed by atoms with E-state index in [9.17, 15) is 9.59 Å². The molecule has 2 fully saturated rings. The third kappa shape index (κ3) is 4.17. The summed E-state index contributed by atoms with van der Waals surface area (Å²) in [6.45, 7) is 2.68. The van der Waals surface area contributed by atoms with Gasteiger partial charge in [0.15, 0.2) is 0 Å². The molecule has 1 atom stereocenters. The van der Waals surface area contributed by atoms with E-state index in [1.165, 1.54) is 37.7 Å². The Morgan fingerprint density at radius 3 is 2.48 bits per heavy atom. The van der Waals surface area contributed by atoms with Gasteiger partial charge in [0.25, 0.3) is 0 Å². The van der Waals surface area contributed by atoms with Gasteiger partial charge < -0.3 is 9.80 Å². The summed E-state index contributed by atoms with van der Waals surface area (Å²) in [5.41, 5.74) is 2.20. The van der Waals surface area contributed by atoms with Gasteiger partial charge >= 0.3 is 0 Å². The second-order valence-corrected chi connectivity index (χ2v) is 8.41. The van der Waals surface area contributed by atoms with Crippen LogP contribution in [0.15, 0.2) is 18.3 Å². The minimum atomic E-state index is -0.0977. The number of hydrogen-bond acceptors (Lipinski definition) is 3. The van der Waals surface area contributed by atoms with Gasteiger partial charge in [-0.05, 0) is 49.7 Å². The Morgan fingerprint density at radius 2 is 1.70 bits per heavy atom. The number of rotatable bonds is 3. The van der Waals surface area contributed by atoms with Crippen LogP contribution in [-0.4, -0.2) is 52.8 Å². The summed E-state index contributed by atoms with van der Waals surface area (Å²) in [5.74, 6) is 0.975. The molecule has 2 heterocycles. The Labute approximate surface area is 162 Å². The number of piperazine rings is 1. The second kappa shape index (κ2) is 8.41. The molecule has 0 bridgehead atoms. The second-order valence-electron chi connectivity index (χ2n) is 8.41. The maximum atomic E-state index is 13.1. The van der Waals surface area contributed by atoms with Crippen molar-refractivity contribution in [2.75, 3.05) is 26.2 Å². The average Bonchev–Trinajstić information content (AvgIpc) is 2.73. The topological polar surface area (TPSA) is 53.5 Å². The Kier molecular flexibility index (Phi) is 5.74. The SMILES string of the molecule is O=C(CC1CCCCC1)N1CCN(C(=O)[C@@H]2CCCc3cccnc32)CC1. The fourth-order valence-electron chi connectivity index (χ4n) is 5.01. The zero-order valence-corrected chi connectivity index (χ0v) is 16.2. The molecular formula is C22H31N3O2. The first kappa shape index (κ1) is 18.5. The number of carbonyl (C=O) groups is 2. The van der Waals surface area contributed by atoms with E-state index >= 15 is 0 Å². The first-order valence-corrected chi connectivity index (χ1v) is 10.7. The molecule has 2 aliphatic carbocycles. The molecule has 0 N–H and O–H groups in total. The first-order valence-electron chi connectivity index (χ1n) is 10.7. The summed E-state index contributed by atoms with van der Waals surface area (Å²) < 4.78 is 0. The molecule has 4 rings (SSSR count). The van der Waals surface area contributed by atoms with E-state index in [0.29, 0.717) is 44.4 Å². The van der Waals surface area contributed by atoms with Crippen molar-refractivity contribution in [1.29, 1.82) is 0 Å². The maximum Gasteiger partial charge on any atom is 0.231 e. The zero-order valence-electron chi connectivity index (χ0n) is 16.2. The number of nitrogens with zero attached hydrogens (tertiary/aromatic N) is 3. The van der Waals surface area contributed by atoms with Crippen LogP contribution in [0.4, 0.5) is 0 Å². The predicted molar refractivity (Wildman–Crippen MR) is 104 cm³/mol. The fraction of sp³-hybridized carbons (Fsp3) is 0.682. The van der Waals surface area contributed by atoms with Gasteiger partial charge in [0.2, 0.25) is 11.8 Å². The Hall–Kier alpha value is -1.91. The van der Waals surface area contributed by atoms with E-state index in [1.54, 1.807) is 6.20 Å². The molecular weight excluding hydrogens is 338 g/mol. The van der Waals surface area contributed by atoms with Crippen molar-refractivity contribution in [2.45, 2.75) is 63.7 Å². The average molecular weight is 370 g/mol. The smallest absolute Gasteiger partial charge is 0.231 e. The molecule has 1 aromatic heterocycles. The van der Waals surface area contributed by atoms with Gasteiger partial charge in [-0.2, -0.15) is 0 Å². The molecule has 5 nitrogen and oxygen atoms in total. The van der Waals surface area contributed by atoms with Crippen molar-refractivity contribution in [3.63, 3.8) is 0 Å². The highest BCUT2D eigenvalue weighted by molar-refractivity contribution is 5.84. The van der Waals surface area contributed by atoms with Crippen LogP contribution in [-0.2, 0) is 16.0 Å². The van der Waals surface area contributed by atoms with Crippen molar-refractivity contribution in [2.24, 2.45) is 5.92 Å². The molecule has 0 radical (unpaired) electrons. The summed E-state index contributed by atoms with van der Waals surface area (Å²) in [6, 6.07) is 4.06. The molecule has 3 aliphatic rings. The van der Waals surface area contributed by atoms with Gasteiger partial charge in [-0.3, -0.25) is 14.6 Å². The number of amides is 2. The van der Waals surface area contributed by atoms with Crippen LogP contribution in [0.1, 0.15) is 68.5 Å². The van der Waals surface area contributed by atoms with E-state index < -0.39 is 0 Å². The highest BCUT2D eigenvalue weighted by Crippen LogP contribution is 2.32. The fourth-order valence-corrected chi connectivity index (χ4v) is 5.01. The summed E-state index contributed by atoms with van der Waals surface area (Å²) in [5, 5.41) is 0. The molecule has 1 aliphatic heterocycles. The number of aromatic nitrogens is 1. The lowest BCUT2D eigenvalue weighted by atomic mass is 9.85. The molecule has 1 saturated heterocycles. The Morgan fingerprint density at radius 1 is 0.963 bits per heavy atom. The molecule has 2 amide bonds. The van der Waals surface area contributed by atoms with Crippen molar-refractivity contribution < 1.29 is 9.59 Å². The number of pyridine rings is 1. The monoisotopic (exact) mass is 369 g/mol. The van der Waals surface area contributed by atoms with Gasteiger partial charge in [-0.1, -0.05) is 25.3 Å². The normalized spacial score (nSPS) is 23.8. The Bertz CT molecular complexity index is 676. The van der Waals surface area contributed by atoms with Gasteiger partial charge in [0, 0.05) is 38.8 Å². The molecule has 27 heavy (non-hydrogen) atoms. The number of aryl methyl sites for hydroxylation is 1. The number of carbonyl (C=O) groups excluding carboxylic acids is 2. The highest BCUT2D eigenvalue weighted by atomic mass is 16.2. The third-order valence-electron chi connectivity index (χ3n) is 6.63. The van der Waals surface area contributed by atoms with Crippen LogP contribution in [0, 0.1) is 5.92 Å². The lowest BCUT2D eigenvalue weighted by Gasteiger charge is -2.38. The van der Waals surface area contributed by atoms with Crippen LogP contribution < -0.4 is 0 Å². The van der Waals surface area contributed by atoms with Gasteiger partial charge in [0.1, 0.15) is 0 Å². The predicted octanol–water partition coefficient (Wildman–Crippen LogP) is 3.14. The van der Waals surface area contributed by atoms with Crippen LogP contribution in [0.2, 0.25) is 0 Å². The van der Waals surface area contributed by atoms with Crippen LogP contribution in [0.3, 0.4) is 0 Å². The minimum absolute atomic E-state index is 0.0977. The molecule has 1 aromatic rings. The molecule has 0 spiro atoms. The van der Waals surface area contributed by atoms with E-state index in [1.807, 2.05) is 15.9 Å². The standard InChI is InChI=1S/C22H31N3O2/c26-20(16-17-6-2-1-3-7-17)24-12-14-25(15-13-24)22(27)19-10-4-8-18-9-5-11-23-21(18)19/h5,9,11,17,19H,1-4,6-8,10,12-16H2/t19-/m1/s1. The maximum absolute atomic E-state index is 13.1. The quantitative estimate of drug-likeness (QED) is 0.822. The lowest BCUT2D eigenvalue weighted by Crippen LogP contribution is -2.52. The van der Waals surface area contributed by atoms with E-state index in [4.69, 9.17) is 0 Å². The highest BCUT2D eigenvalue weighted by Gasteiger charge is 2.33. The van der Waals surface area contributed by atoms with Crippen LogP contribution in [0.5, 0.6) is 0 Å². The van der Waals surface area contributed by atoms with Crippen LogP contribution >= 0.6 is 0 Å². The largest absolute Gasteiger partial charge is 0.339 e. The van der Waals surface area contributed by atoms with E-state index in [0.717, 1.165) is 25.0 Å². The lowest BCUT2D eigenvalue weighted by molar-refractivity contribution is -0.141. The van der Waals surface area contributed by atoms with Crippen LogP contribution in [0.25, 0.3) is 0 Å².